The van der Waals surface area contributed by atoms with Gasteiger partial charge in [0.05, 0.1) is 17.9 Å². The van der Waals surface area contributed by atoms with Crippen molar-refractivity contribution in [3.63, 3.8) is 0 Å². The van der Waals surface area contributed by atoms with E-state index in [9.17, 15) is 14.4 Å². The number of rotatable bonds is 2. The second-order valence-corrected chi connectivity index (χ2v) is 7.10. The monoisotopic (exact) mass is 347 g/mol. The van der Waals surface area contributed by atoms with Crippen LogP contribution < -0.4 is 5.32 Å². The van der Waals surface area contributed by atoms with Crippen molar-refractivity contribution >= 4 is 35.2 Å². The van der Waals surface area contributed by atoms with Gasteiger partial charge in [-0.25, -0.2) is 0 Å². The molecule has 2 aliphatic rings. The number of nitrogens with zero attached hydrogens (tertiary/aromatic N) is 2. The highest BCUT2D eigenvalue weighted by molar-refractivity contribution is 8.00. The van der Waals surface area contributed by atoms with Crippen LogP contribution >= 0.6 is 11.8 Å². The number of thioether (sulfide) groups is 1. The van der Waals surface area contributed by atoms with Crippen LogP contribution in [0.5, 0.6) is 0 Å². The molecule has 2 heterocycles. The van der Waals surface area contributed by atoms with Gasteiger partial charge >= 0.3 is 0 Å². The Bertz CT molecular complexity index is 677. The number of benzene rings is 1. The average molecular weight is 347 g/mol. The molecule has 0 unspecified atom stereocenters. The van der Waals surface area contributed by atoms with Crippen LogP contribution in [0.25, 0.3) is 0 Å². The second kappa shape index (κ2) is 7.25. The van der Waals surface area contributed by atoms with Crippen LogP contribution in [0.3, 0.4) is 0 Å². The normalized spacial score (nSPS) is 17.8. The lowest BCUT2D eigenvalue weighted by molar-refractivity contribution is -0.132. The molecule has 3 rings (SSSR count). The van der Waals surface area contributed by atoms with E-state index in [1.54, 1.807) is 11.8 Å². The first-order valence-corrected chi connectivity index (χ1v) is 9.10. The van der Waals surface area contributed by atoms with Crippen molar-refractivity contribution in [1.82, 2.24) is 9.80 Å². The molecule has 0 aromatic heterocycles. The van der Waals surface area contributed by atoms with E-state index in [0.29, 0.717) is 38.4 Å². The van der Waals surface area contributed by atoms with E-state index in [2.05, 4.69) is 5.32 Å². The number of carbonyl (C=O) groups is 3. The van der Waals surface area contributed by atoms with E-state index in [1.165, 1.54) is 11.8 Å². The van der Waals surface area contributed by atoms with Gasteiger partial charge < -0.3 is 15.1 Å². The van der Waals surface area contributed by atoms with Crippen molar-refractivity contribution in [2.45, 2.75) is 24.7 Å². The summed E-state index contributed by atoms with van der Waals surface area (Å²) < 4.78 is 0. The van der Waals surface area contributed by atoms with Crippen LogP contribution in [0, 0.1) is 0 Å². The first-order valence-electron chi connectivity index (χ1n) is 8.12. The third-order valence-corrected chi connectivity index (χ3v) is 5.40. The molecule has 0 bridgehead atoms. The Hall–Kier alpha value is -2.02. The number of hydrogen-bond donors (Lipinski definition) is 1. The van der Waals surface area contributed by atoms with Crippen molar-refractivity contribution < 1.29 is 14.4 Å². The fourth-order valence-electron chi connectivity index (χ4n) is 3.01. The molecular formula is C17H21N3O3S. The molecule has 1 N–H and O–H groups in total. The Labute approximate surface area is 145 Å². The molecule has 1 aromatic carbocycles. The molecule has 0 radical (unpaired) electrons. The molecule has 1 saturated heterocycles. The smallest absolute Gasteiger partial charge is 0.234 e. The van der Waals surface area contributed by atoms with Gasteiger partial charge in [-0.05, 0) is 24.1 Å². The minimum atomic E-state index is -0.00665. The molecule has 3 amide bonds. The van der Waals surface area contributed by atoms with Crippen molar-refractivity contribution in [1.29, 1.82) is 0 Å². The lowest BCUT2D eigenvalue weighted by Gasteiger charge is -2.22. The van der Waals surface area contributed by atoms with Gasteiger partial charge in [-0.1, -0.05) is 6.07 Å². The molecule has 6 nitrogen and oxygen atoms in total. The molecule has 0 spiro atoms. The van der Waals surface area contributed by atoms with Gasteiger partial charge in [0.1, 0.15) is 0 Å². The highest BCUT2D eigenvalue weighted by atomic mass is 32.2. The molecule has 1 aromatic rings. The van der Waals surface area contributed by atoms with E-state index >= 15 is 0 Å². The quantitative estimate of drug-likeness (QED) is 0.877. The zero-order valence-electron chi connectivity index (χ0n) is 13.7. The summed E-state index contributed by atoms with van der Waals surface area (Å²) in [5.74, 6) is 0.557. The molecule has 7 heteroatoms. The molecule has 128 valence electrons. The Morgan fingerprint density at radius 2 is 1.92 bits per heavy atom. The van der Waals surface area contributed by atoms with Crippen LogP contribution in [0.2, 0.25) is 0 Å². The summed E-state index contributed by atoms with van der Waals surface area (Å²) in [6, 6.07) is 5.79. The van der Waals surface area contributed by atoms with E-state index in [1.807, 2.05) is 23.1 Å². The zero-order valence-corrected chi connectivity index (χ0v) is 14.5. The Balaban J connectivity index is 1.63. The second-order valence-electron chi connectivity index (χ2n) is 6.08. The highest BCUT2D eigenvalue weighted by Gasteiger charge is 2.21. The fraction of sp³-hybridized carbons (Fsp3) is 0.471. The molecule has 0 aliphatic carbocycles. The van der Waals surface area contributed by atoms with E-state index < -0.39 is 0 Å². The first-order chi connectivity index (χ1) is 11.5. The summed E-state index contributed by atoms with van der Waals surface area (Å²) in [6.07, 6.45) is 1.12. The average Bonchev–Trinajstić information content (AvgIpc) is 2.80. The van der Waals surface area contributed by atoms with Crippen LogP contribution in [0.15, 0.2) is 23.1 Å². The number of hydrogen-bond acceptors (Lipinski definition) is 4. The first kappa shape index (κ1) is 16.8. The van der Waals surface area contributed by atoms with Crippen molar-refractivity contribution in [3.8, 4) is 0 Å². The SMILES string of the molecule is CC(=O)N1CCCN(C(=O)Cc2ccc3c(c2)NC(=O)CS3)CC1. The molecule has 24 heavy (non-hydrogen) atoms. The van der Waals surface area contributed by atoms with E-state index in [-0.39, 0.29) is 17.7 Å². The number of nitrogens with one attached hydrogen (secondary N) is 1. The van der Waals surface area contributed by atoms with E-state index in [0.717, 1.165) is 22.6 Å². The predicted molar refractivity (Wildman–Crippen MR) is 93.0 cm³/mol. The van der Waals surface area contributed by atoms with Crippen molar-refractivity contribution in [3.05, 3.63) is 23.8 Å². The van der Waals surface area contributed by atoms with Crippen LogP contribution in [-0.4, -0.2) is 59.5 Å². The van der Waals surface area contributed by atoms with Gasteiger partial charge in [0, 0.05) is 38.0 Å². The lowest BCUT2D eigenvalue weighted by atomic mass is 10.1. The predicted octanol–water partition coefficient (Wildman–Crippen LogP) is 1.35. The number of fused-ring (bicyclic) bond motifs is 1. The molecular weight excluding hydrogens is 326 g/mol. The van der Waals surface area contributed by atoms with Crippen molar-refractivity contribution in [2.75, 3.05) is 37.2 Å². The summed E-state index contributed by atoms with van der Waals surface area (Å²) in [5, 5.41) is 2.85. The van der Waals surface area contributed by atoms with Crippen molar-refractivity contribution in [2.24, 2.45) is 0 Å². The lowest BCUT2D eigenvalue weighted by Crippen LogP contribution is -2.37. The maximum absolute atomic E-state index is 12.6. The van der Waals surface area contributed by atoms with Crippen LogP contribution in [0.4, 0.5) is 5.69 Å². The summed E-state index contributed by atoms with van der Waals surface area (Å²) in [6.45, 7) is 4.13. The van der Waals surface area contributed by atoms with Gasteiger partial charge in [-0.15, -0.1) is 11.8 Å². The van der Waals surface area contributed by atoms with Gasteiger partial charge in [-0.2, -0.15) is 0 Å². The fourth-order valence-corrected chi connectivity index (χ4v) is 3.80. The number of carbonyl (C=O) groups excluding carboxylic acids is 3. The van der Waals surface area contributed by atoms with Gasteiger partial charge in [0.2, 0.25) is 17.7 Å². The molecule has 1 fully saturated rings. The van der Waals surface area contributed by atoms with Gasteiger partial charge in [0.15, 0.2) is 0 Å². The Morgan fingerprint density at radius 1 is 1.17 bits per heavy atom. The standard InChI is InChI=1S/C17H21N3O3S/c1-12(21)19-5-2-6-20(8-7-19)17(23)10-13-3-4-15-14(9-13)18-16(22)11-24-15/h3-4,9H,2,5-8,10-11H2,1H3,(H,18,22). The number of anilines is 1. The summed E-state index contributed by atoms with van der Waals surface area (Å²) in [7, 11) is 0. The van der Waals surface area contributed by atoms with E-state index in [4.69, 9.17) is 0 Å². The molecule has 0 saturated carbocycles. The van der Waals surface area contributed by atoms with Crippen LogP contribution in [0.1, 0.15) is 18.9 Å². The topological polar surface area (TPSA) is 69.7 Å². The molecule has 2 aliphatic heterocycles. The highest BCUT2D eigenvalue weighted by Crippen LogP contribution is 2.32. The third-order valence-electron chi connectivity index (χ3n) is 4.33. The van der Waals surface area contributed by atoms with Crippen LogP contribution in [-0.2, 0) is 20.8 Å². The van der Waals surface area contributed by atoms with Gasteiger partial charge in [0.25, 0.3) is 0 Å². The largest absolute Gasteiger partial charge is 0.341 e. The minimum Gasteiger partial charge on any atom is -0.341 e. The summed E-state index contributed by atoms with van der Waals surface area (Å²) in [5.41, 5.74) is 1.69. The number of amides is 3. The summed E-state index contributed by atoms with van der Waals surface area (Å²) in [4.78, 5) is 40.2. The summed E-state index contributed by atoms with van der Waals surface area (Å²) >= 11 is 1.51. The zero-order chi connectivity index (χ0) is 17.1. The Kier molecular flexibility index (Phi) is 5.08. The maximum atomic E-state index is 12.6. The molecule has 0 atom stereocenters. The third kappa shape index (κ3) is 3.90. The minimum absolute atomic E-state index is 0.00665. The van der Waals surface area contributed by atoms with Gasteiger partial charge in [-0.3, -0.25) is 14.4 Å². The maximum Gasteiger partial charge on any atom is 0.234 e. The Morgan fingerprint density at radius 3 is 2.71 bits per heavy atom.